The van der Waals surface area contributed by atoms with Crippen molar-refractivity contribution in [3.63, 3.8) is 0 Å². The highest BCUT2D eigenvalue weighted by Crippen LogP contribution is 2.32. The number of alkyl halides is 3. The lowest BCUT2D eigenvalue weighted by Crippen LogP contribution is -2.49. The molecule has 2 aromatic carbocycles. The lowest BCUT2D eigenvalue weighted by Gasteiger charge is -2.36. The monoisotopic (exact) mass is 480 g/mol. The van der Waals surface area contributed by atoms with Crippen molar-refractivity contribution in [1.29, 1.82) is 0 Å². The molecule has 0 atom stereocenters. The summed E-state index contributed by atoms with van der Waals surface area (Å²) >= 11 is 7.29. The number of imidazole rings is 1. The fraction of sp³-hybridized carbons (Fsp3) is 0.273. The Bertz CT molecular complexity index is 1080. The predicted octanol–water partition coefficient (Wildman–Crippen LogP) is 4.99. The van der Waals surface area contributed by atoms with Crippen molar-refractivity contribution in [1.82, 2.24) is 14.5 Å². The fourth-order valence-corrected chi connectivity index (χ4v) is 4.51. The Balaban J connectivity index is 1.32. The van der Waals surface area contributed by atoms with E-state index in [2.05, 4.69) is 4.98 Å². The average molecular weight is 481 g/mol. The number of hydrogen-bond donors (Lipinski definition) is 0. The van der Waals surface area contributed by atoms with Crippen molar-refractivity contribution in [2.24, 2.45) is 0 Å². The average Bonchev–Trinajstić information content (AvgIpc) is 3.26. The SMILES string of the molecule is O=C(CSc1nccn1-c1ccc(Cl)cc1)N1CCN(c2cccc(C(F)(F)F)c2)CC1. The van der Waals surface area contributed by atoms with Gasteiger partial charge in [0.2, 0.25) is 5.91 Å². The molecule has 3 aromatic rings. The van der Waals surface area contributed by atoms with Crippen LogP contribution in [0, 0.1) is 0 Å². The first-order valence-electron chi connectivity index (χ1n) is 9.93. The zero-order chi connectivity index (χ0) is 22.7. The van der Waals surface area contributed by atoms with E-state index in [1.54, 1.807) is 29.3 Å². The third kappa shape index (κ3) is 5.21. The van der Waals surface area contributed by atoms with Crippen LogP contribution in [-0.2, 0) is 11.0 Å². The molecular formula is C22H20ClF3N4OS. The van der Waals surface area contributed by atoms with Gasteiger partial charge >= 0.3 is 6.18 Å². The molecule has 4 rings (SSSR count). The summed E-state index contributed by atoms with van der Waals surface area (Å²) in [7, 11) is 0. The van der Waals surface area contributed by atoms with Crippen LogP contribution in [0.3, 0.4) is 0 Å². The molecule has 1 aromatic heterocycles. The summed E-state index contributed by atoms with van der Waals surface area (Å²) in [5.41, 5.74) is 0.754. The van der Waals surface area contributed by atoms with Crippen molar-refractivity contribution in [3.8, 4) is 5.69 Å². The predicted molar refractivity (Wildman–Crippen MR) is 120 cm³/mol. The van der Waals surface area contributed by atoms with Gasteiger partial charge in [0.15, 0.2) is 5.16 Å². The van der Waals surface area contributed by atoms with Gasteiger partial charge in [-0.25, -0.2) is 4.98 Å². The molecule has 1 amide bonds. The highest BCUT2D eigenvalue weighted by molar-refractivity contribution is 7.99. The third-order valence-corrected chi connectivity index (χ3v) is 6.41. The molecule has 1 saturated heterocycles. The second-order valence-corrected chi connectivity index (χ2v) is 8.64. The molecule has 0 spiro atoms. The van der Waals surface area contributed by atoms with Gasteiger partial charge in [-0.05, 0) is 42.5 Å². The van der Waals surface area contributed by atoms with Crippen LogP contribution in [0.1, 0.15) is 5.56 Å². The minimum Gasteiger partial charge on any atom is -0.368 e. The van der Waals surface area contributed by atoms with Crippen molar-refractivity contribution in [3.05, 3.63) is 71.5 Å². The van der Waals surface area contributed by atoms with E-state index in [4.69, 9.17) is 11.6 Å². The largest absolute Gasteiger partial charge is 0.416 e. The highest BCUT2D eigenvalue weighted by Gasteiger charge is 2.31. The van der Waals surface area contributed by atoms with Crippen LogP contribution in [0.15, 0.2) is 66.1 Å². The second kappa shape index (κ2) is 9.46. The van der Waals surface area contributed by atoms with Gasteiger partial charge in [0.1, 0.15) is 0 Å². The maximum Gasteiger partial charge on any atom is 0.416 e. The minimum absolute atomic E-state index is 0.0238. The number of anilines is 1. The second-order valence-electron chi connectivity index (χ2n) is 7.26. The van der Waals surface area contributed by atoms with E-state index in [1.807, 2.05) is 27.8 Å². The molecule has 10 heteroatoms. The van der Waals surface area contributed by atoms with Crippen LogP contribution in [0.5, 0.6) is 0 Å². The van der Waals surface area contributed by atoms with Gasteiger partial charge in [0.05, 0.1) is 11.3 Å². The van der Waals surface area contributed by atoms with Crippen LogP contribution in [0.25, 0.3) is 5.69 Å². The fourth-order valence-electron chi connectivity index (χ4n) is 3.51. The van der Waals surface area contributed by atoms with E-state index in [0.29, 0.717) is 42.0 Å². The number of thioether (sulfide) groups is 1. The van der Waals surface area contributed by atoms with Gasteiger partial charge in [-0.3, -0.25) is 9.36 Å². The molecule has 168 valence electrons. The molecule has 2 heterocycles. The zero-order valence-electron chi connectivity index (χ0n) is 16.9. The van der Waals surface area contributed by atoms with Gasteiger partial charge < -0.3 is 9.80 Å². The third-order valence-electron chi connectivity index (χ3n) is 5.21. The lowest BCUT2D eigenvalue weighted by atomic mass is 10.1. The first kappa shape index (κ1) is 22.5. The van der Waals surface area contributed by atoms with Crippen LogP contribution in [-0.4, -0.2) is 52.3 Å². The molecule has 1 aliphatic rings. The number of carbonyl (C=O) groups excluding carboxylic acids is 1. The van der Waals surface area contributed by atoms with Gasteiger partial charge in [-0.2, -0.15) is 13.2 Å². The van der Waals surface area contributed by atoms with Crippen molar-refractivity contribution in [2.75, 3.05) is 36.8 Å². The maximum atomic E-state index is 13.0. The number of nitrogens with zero attached hydrogens (tertiary/aromatic N) is 4. The first-order valence-corrected chi connectivity index (χ1v) is 11.3. The number of hydrogen-bond acceptors (Lipinski definition) is 4. The summed E-state index contributed by atoms with van der Waals surface area (Å²) < 4.78 is 40.8. The summed E-state index contributed by atoms with van der Waals surface area (Å²) in [6, 6.07) is 12.6. The van der Waals surface area contributed by atoms with Gasteiger partial charge in [-0.15, -0.1) is 0 Å². The summed E-state index contributed by atoms with van der Waals surface area (Å²) in [5, 5.41) is 1.34. The summed E-state index contributed by atoms with van der Waals surface area (Å²) in [6.07, 6.45) is -0.873. The number of halogens is 4. The lowest BCUT2D eigenvalue weighted by molar-refractivity contribution is -0.137. The van der Waals surface area contributed by atoms with Gasteiger partial charge in [-0.1, -0.05) is 29.4 Å². The Kier molecular flexibility index (Phi) is 6.66. The Labute approximate surface area is 192 Å². The number of carbonyl (C=O) groups is 1. The molecule has 5 nitrogen and oxygen atoms in total. The molecule has 1 fully saturated rings. The molecule has 0 N–H and O–H groups in total. The van der Waals surface area contributed by atoms with E-state index in [0.717, 1.165) is 17.8 Å². The number of aromatic nitrogens is 2. The van der Waals surface area contributed by atoms with E-state index >= 15 is 0 Å². The van der Waals surface area contributed by atoms with E-state index in [1.165, 1.54) is 17.8 Å². The quantitative estimate of drug-likeness (QED) is 0.483. The smallest absolute Gasteiger partial charge is 0.368 e. The Morgan fingerprint density at radius 3 is 2.44 bits per heavy atom. The Morgan fingerprint density at radius 1 is 1.03 bits per heavy atom. The summed E-state index contributed by atoms with van der Waals surface area (Å²) in [5.74, 6) is 0.207. The molecule has 1 aliphatic heterocycles. The van der Waals surface area contributed by atoms with Crippen molar-refractivity contribution in [2.45, 2.75) is 11.3 Å². The molecule has 0 unspecified atom stereocenters. The molecule has 0 aliphatic carbocycles. The van der Waals surface area contributed by atoms with Gasteiger partial charge in [0.25, 0.3) is 0 Å². The van der Waals surface area contributed by atoms with Gasteiger partial charge in [0, 0.05) is 55.0 Å². The normalized spacial score (nSPS) is 14.6. The first-order chi connectivity index (χ1) is 15.3. The Morgan fingerprint density at radius 2 is 1.75 bits per heavy atom. The van der Waals surface area contributed by atoms with E-state index in [9.17, 15) is 18.0 Å². The molecule has 32 heavy (non-hydrogen) atoms. The minimum atomic E-state index is -4.37. The zero-order valence-corrected chi connectivity index (χ0v) is 18.5. The van der Waals surface area contributed by atoms with Crippen molar-refractivity contribution < 1.29 is 18.0 Å². The Hall–Kier alpha value is -2.65. The molecule has 0 saturated carbocycles. The van der Waals surface area contributed by atoms with E-state index in [-0.39, 0.29) is 11.7 Å². The molecule has 0 radical (unpaired) electrons. The number of rotatable bonds is 5. The number of amides is 1. The highest BCUT2D eigenvalue weighted by atomic mass is 35.5. The van der Waals surface area contributed by atoms with Crippen LogP contribution in [0.2, 0.25) is 5.02 Å². The number of benzene rings is 2. The van der Waals surface area contributed by atoms with E-state index < -0.39 is 11.7 Å². The van der Waals surface area contributed by atoms with Crippen LogP contribution >= 0.6 is 23.4 Å². The van der Waals surface area contributed by atoms with Crippen LogP contribution < -0.4 is 4.90 Å². The maximum absolute atomic E-state index is 13.0. The molecular weight excluding hydrogens is 461 g/mol. The summed E-state index contributed by atoms with van der Waals surface area (Å²) in [4.78, 5) is 20.6. The van der Waals surface area contributed by atoms with Crippen molar-refractivity contribution >= 4 is 35.0 Å². The summed E-state index contributed by atoms with van der Waals surface area (Å²) in [6.45, 7) is 1.89. The number of piperazine rings is 1. The topological polar surface area (TPSA) is 41.4 Å². The molecule has 0 bridgehead atoms. The standard InChI is InChI=1S/C22H20ClF3N4OS/c23-17-4-6-18(7-5-17)30-9-8-27-21(30)32-15-20(31)29-12-10-28(11-13-29)19-3-1-2-16(14-19)22(24,25)26/h1-9,14H,10-13,15H2. The van der Waals surface area contributed by atoms with Crippen LogP contribution in [0.4, 0.5) is 18.9 Å².